The summed E-state index contributed by atoms with van der Waals surface area (Å²) in [5.74, 6) is -0.333. The third kappa shape index (κ3) is 8.82. The van der Waals surface area contributed by atoms with Crippen LogP contribution in [0.4, 0.5) is 4.79 Å². The number of rotatable bonds is 11. The first kappa shape index (κ1) is 34.4. The van der Waals surface area contributed by atoms with Gasteiger partial charge in [0, 0.05) is 24.5 Å². The average Bonchev–Trinajstić information content (AvgIpc) is 3.71. The molecule has 11 nitrogen and oxygen atoms in total. The fourth-order valence-corrected chi connectivity index (χ4v) is 6.79. The SMILES string of the molecule is C[C@@H](C(=O)N[C@H](C(=O)N1CCC[C@H]1c1nc(C(=O)c2cccc(OCCO)c2)cs1)C1CCCCC1)N(C)C(=O)OC(C)(C)C. The smallest absolute Gasteiger partial charge is 0.410 e. The van der Waals surface area contributed by atoms with E-state index in [1.807, 2.05) is 0 Å². The van der Waals surface area contributed by atoms with Gasteiger partial charge in [-0.15, -0.1) is 11.3 Å². The number of likely N-dealkylation sites (N-methyl/N-ethyl adjacent to an activating group) is 1. The number of aliphatic hydroxyl groups excluding tert-OH is 1. The highest BCUT2D eigenvalue weighted by Gasteiger charge is 2.41. The second kappa shape index (κ2) is 15.2. The normalized spacial score (nSPS) is 18.6. The molecule has 1 saturated heterocycles. The van der Waals surface area contributed by atoms with Crippen molar-refractivity contribution in [3.63, 3.8) is 0 Å². The van der Waals surface area contributed by atoms with E-state index in [-0.39, 0.29) is 36.9 Å². The number of carbonyl (C=O) groups is 4. The summed E-state index contributed by atoms with van der Waals surface area (Å²) in [6.07, 6.45) is 5.64. The van der Waals surface area contributed by atoms with Crippen LogP contribution in [-0.2, 0) is 14.3 Å². The molecule has 3 amide bonds. The van der Waals surface area contributed by atoms with Gasteiger partial charge in [0.05, 0.1) is 12.6 Å². The van der Waals surface area contributed by atoms with Gasteiger partial charge in [-0.1, -0.05) is 31.4 Å². The first-order valence-corrected chi connectivity index (χ1v) is 16.7. The number of ether oxygens (including phenoxy) is 2. The van der Waals surface area contributed by atoms with Crippen molar-refractivity contribution in [3.05, 3.63) is 45.9 Å². The van der Waals surface area contributed by atoms with E-state index in [0.29, 0.717) is 35.0 Å². The highest BCUT2D eigenvalue weighted by atomic mass is 32.1. The Kier molecular flexibility index (Phi) is 11.6. The van der Waals surface area contributed by atoms with E-state index in [9.17, 15) is 19.2 Å². The maximum Gasteiger partial charge on any atom is 0.410 e. The van der Waals surface area contributed by atoms with Crippen LogP contribution in [0.1, 0.15) is 99.7 Å². The molecule has 45 heavy (non-hydrogen) atoms. The molecule has 1 saturated carbocycles. The van der Waals surface area contributed by atoms with Gasteiger partial charge in [-0.25, -0.2) is 9.78 Å². The number of amides is 3. The second-order valence-corrected chi connectivity index (χ2v) is 13.7. The lowest BCUT2D eigenvalue weighted by Gasteiger charge is -2.36. The Morgan fingerprint density at radius 1 is 1.13 bits per heavy atom. The fourth-order valence-electron chi connectivity index (χ4n) is 5.84. The number of aromatic nitrogens is 1. The number of ketones is 1. The lowest BCUT2D eigenvalue weighted by atomic mass is 9.83. The number of aliphatic hydroxyl groups is 1. The van der Waals surface area contributed by atoms with E-state index in [1.165, 1.54) is 23.3 Å². The summed E-state index contributed by atoms with van der Waals surface area (Å²) < 4.78 is 10.9. The van der Waals surface area contributed by atoms with E-state index in [1.54, 1.807) is 62.2 Å². The van der Waals surface area contributed by atoms with Gasteiger partial charge in [0.1, 0.15) is 40.7 Å². The Balaban J connectivity index is 1.50. The van der Waals surface area contributed by atoms with Crippen molar-refractivity contribution in [1.29, 1.82) is 0 Å². The molecule has 246 valence electrons. The van der Waals surface area contributed by atoms with Gasteiger partial charge in [-0.2, -0.15) is 0 Å². The number of hydrogen-bond donors (Lipinski definition) is 2. The van der Waals surface area contributed by atoms with Gasteiger partial charge in [0.25, 0.3) is 0 Å². The van der Waals surface area contributed by atoms with Crippen LogP contribution in [0.15, 0.2) is 29.6 Å². The van der Waals surface area contributed by atoms with Crippen molar-refractivity contribution >= 4 is 35.0 Å². The molecular formula is C33H46N4O7S. The Labute approximate surface area is 269 Å². The van der Waals surface area contributed by atoms with Crippen LogP contribution < -0.4 is 10.1 Å². The zero-order valence-corrected chi connectivity index (χ0v) is 27.7. The molecule has 1 aliphatic heterocycles. The highest BCUT2D eigenvalue weighted by Crippen LogP contribution is 2.36. The van der Waals surface area contributed by atoms with Crippen LogP contribution in [0.2, 0.25) is 0 Å². The lowest BCUT2D eigenvalue weighted by molar-refractivity contribution is -0.140. The summed E-state index contributed by atoms with van der Waals surface area (Å²) in [7, 11) is 1.52. The van der Waals surface area contributed by atoms with Crippen molar-refractivity contribution in [2.75, 3.05) is 26.8 Å². The van der Waals surface area contributed by atoms with E-state index in [0.717, 1.165) is 38.5 Å². The molecule has 2 aliphatic rings. The number of hydrogen-bond acceptors (Lipinski definition) is 9. The predicted molar refractivity (Wildman–Crippen MR) is 170 cm³/mol. The molecule has 1 aromatic heterocycles. The topological polar surface area (TPSA) is 138 Å². The van der Waals surface area contributed by atoms with Gasteiger partial charge in [-0.3, -0.25) is 19.3 Å². The molecule has 4 rings (SSSR count). The quantitative estimate of drug-likeness (QED) is 0.336. The van der Waals surface area contributed by atoms with Gasteiger partial charge < -0.3 is 24.8 Å². The number of benzene rings is 1. The molecule has 12 heteroatoms. The van der Waals surface area contributed by atoms with Crippen molar-refractivity contribution in [2.24, 2.45) is 5.92 Å². The largest absolute Gasteiger partial charge is 0.491 e. The van der Waals surface area contributed by atoms with Gasteiger partial charge in [0.15, 0.2) is 0 Å². The third-order valence-electron chi connectivity index (χ3n) is 8.36. The van der Waals surface area contributed by atoms with Crippen LogP contribution in [0.25, 0.3) is 0 Å². The maximum atomic E-state index is 14.2. The summed E-state index contributed by atoms with van der Waals surface area (Å²) in [4.78, 5) is 61.4. The van der Waals surface area contributed by atoms with Crippen molar-refractivity contribution < 1.29 is 33.8 Å². The number of nitrogens with zero attached hydrogens (tertiary/aromatic N) is 3. The highest BCUT2D eigenvalue weighted by molar-refractivity contribution is 7.10. The Hall–Kier alpha value is -3.51. The first-order chi connectivity index (χ1) is 21.4. The Morgan fingerprint density at radius 2 is 1.87 bits per heavy atom. The number of thiazole rings is 1. The average molecular weight is 643 g/mol. The first-order valence-electron chi connectivity index (χ1n) is 15.8. The summed E-state index contributed by atoms with van der Waals surface area (Å²) >= 11 is 1.35. The Bertz CT molecular complexity index is 1350. The second-order valence-electron chi connectivity index (χ2n) is 12.8. The molecule has 2 aromatic rings. The monoisotopic (exact) mass is 642 g/mol. The van der Waals surface area contributed by atoms with Gasteiger partial charge in [-0.05, 0) is 71.4 Å². The maximum absolute atomic E-state index is 14.2. The molecule has 2 heterocycles. The molecule has 0 unspecified atom stereocenters. The van der Waals surface area contributed by atoms with Crippen LogP contribution in [-0.4, -0.2) is 88.1 Å². The van der Waals surface area contributed by atoms with Crippen LogP contribution in [0.3, 0.4) is 0 Å². The minimum Gasteiger partial charge on any atom is -0.491 e. The number of nitrogens with one attached hydrogen (secondary N) is 1. The molecule has 3 atom stereocenters. The fraction of sp³-hybridized carbons (Fsp3) is 0.606. The van der Waals surface area contributed by atoms with Gasteiger partial charge >= 0.3 is 6.09 Å². The molecule has 0 bridgehead atoms. The van der Waals surface area contributed by atoms with Crippen LogP contribution >= 0.6 is 11.3 Å². The predicted octanol–water partition coefficient (Wildman–Crippen LogP) is 4.73. The van der Waals surface area contributed by atoms with Crippen LogP contribution in [0.5, 0.6) is 5.75 Å². The lowest BCUT2D eigenvalue weighted by Crippen LogP contribution is -2.56. The molecule has 2 fully saturated rings. The molecule has 1 aromatic carbocycles. The van der Waals surface area contributed by atoms with E-state index < -0.39 is 29.7 Å². The molecular weight excluding hydrogens is 596 g/mol. The van der Waals surface area contributed by atoms with E-state index in [2.05, 4.69) is 10.3 Å². The number of likely N-dealkylation sites (tertiary alicyclic amines) is 1. The molecule has 0 radical (unpaired) electrons. The summed E-state index contributed by atoms with van der Waals surface area (Å²) in [6, 6.07) is 4.89. The third-order valence-corrected chi connectivity index (χ3v) is 9.30. The van der Waals surface area contributed by atoms with E-state index in [4.69, 9.17) is 14.6 Å². The molecule has 1 aliphatic carbocycles. The zero-order chi connectivity index (χ0) is 32.7. The molecule has 0 spiro atoms. The van der Waals surface area contributed by atoms with Crippen molar-refractivity contribution in [2.45, 2.75) is 96.4 Å². The summed E-state index contributed by atoms with van der Waals surface area (Å²) in [5, 5.41) is 14.5. The zero-order valence-electron chi connectivity index (χ0n) is 26.9. The van der Waals surface area contributed by atoms with Crippen LogP contribution in [0, 0.1) is 5.92 Å². The standard InChI is InChI=1S/C33H46N4O7S/c1-21(36(5)32(42)44-33(2,3)4)29(40)35-27(22-11-7-6-8-12-22)31(41)37-16-10-15-26(37)30-34-25(20-45-30)28(39)23-13-9-14-24(19-23)43-18-17-38/h9,13-14,19-22,26-27,38H,6-8,10-12,15-18H2,1-5H3,(H,35,40)/t21-,26-,27-/m0/s1. The van der Waals surface area contributed by atoms with Gasteiger partial charge in [0.2, 0.25) is 17.6 Å². The molecule has 2 N–H and O–H groups in total. The number of carbonyl (C=O) groups excluding carboxylic acids is 4. The van der Waals surface area contributed by atoms with Crippen molar-refractivity contribution in [1.82, 2.24) is 20.1 Å². The minimum atomic E-state index is -0.840. The minimum absolute atomic E-state index is 0.00996. The van der Waals surface area contributed by atoms with Crippen molar-refractivity contribution in [3.8, 4) is 5.75 Å². The summed E-state index contributed by atoms with van der Waals surface area (Å²) in [5.41, 5.74) is 0.0170. The van der Waals surface area contributed by atoms with E-state index >= 15 is 0 Å². The summed E-state index contributed by atoms with van der Waals surface area (Å²) in [6.45, 7) is 7.46. The Morgan fingerprint density at radius 3 is 2.56 bits per heavy atom.